The molecule has 1 aliphatic heterocycles. The van der Waals surface area contributed by atoms with E-state index in [0.29, 0.717) is 26.1 Å². The number of hydrogen-bond donors (Lipinski definition) is 1. The van der Waals surface area contributed by atoms with Gasteiger partial charge in [-0.3, -0.25) is 0 Å². The first-order valence-electron chi connectivity index (χ1n) is 6.45. The smallest absolute Gasteiger partial charge is 0.369 e. The highest BCUT2D eigenvalue weighted by Gasteiger charge is 2.26. The van der Waals surface area contributed by atoms with Crippen LogP contribution in [0, 0.1) is 0 Å². The van der Waals surface area contributed by atoms with Gasteiger partial charge in [-0.05, 0) is 12.8 Å². The molecule has 19 heavy (non-hydrogen) atoms. The average molecular weight is 277 g/mol. The number of ether oxygens (including phenoxy) is 1. The monoisotopic (exact) mass is 277 g/mol. The summed E-state index contributed by atoms with van der Waals surface area (Å²) in [5.74, 6) is 0. The second-order valence-corrected chi connectivity index (χ2v) is 4.65. The molecule has 1 aromatic heterocycles. The maximum Gasteiger partial charge on any atom is 0.389 e. The fourth-order valence-electron chi connectivity index (χ4n) is 2.15. The lowest BCUT2D eigenvalue weighted by atomic mass is 10.2. The molecule has 0 radical (unpaired) electrons. The van der Waals surface area contributed by atoms with Crippen LogP contribution in [0.15, 0.2) is 12.5 Å². The van der Waals surface area contributed by atoms with Crippen LogP contribution >= 0.6 is 0 Å². The van der Waals surface area contributed by atoms with E-state index < -0.39 is 12.6 Å². The zero-order chi connectivity index (χ0) is 13.7. The zero-order valence-corrected chi connectivity index (χ0v) is 10.6. The number of alkyl halides is 3. The maximum atomic E-state index is 12.0. The number of morpholine rings is 1. The van der Waals surface area contributed by atoms with Crippen molar-refractivity contribution in [1.29, 1.82) is 0 Å². The molecule has 1 aliphatic rings. The van der Waals surface area contributed by atoms with E-state index >= 15 is 0 Å². The van der Waals surface area contributed by atoms with Gasteiger partial charge < -0.3 is 14.6 Å². The molecule has 0 saturated carbocycles. The molecule has 0 spiro atoms. The maximum absolute atomic E-state index is 12.0. The van der Waals surface area contributed by atoms with Gasteiger partial charge in [0.05, 0.1) is 24.8 Å². The first-order chi connectivity index (χ1) is 9.06. The summed E-state index contributed by atoms with van der Waals surface area (Å²) in [4.78, 5) is 4.06. The van der Waals surface area contributed by atoms with Gasteiger partial charge in [-0.1, -0.05) is 0 Å². The van der Waals surface area contributed by atoms with Crippen LogP contribution in [0.4, 0.5) is 13.2 Å². The molecule has 1 aromatic rings. The highest BCUT2D eigenvalue weighted by Crippen LogP contribution is 2.23. The molecule has 2 rings (SSSR count). The molecule has 1 N–H and O–H groups in total. The highest BCUT2D eigenvalue weighted by molar-refractivity contribution is 5.04. The number of aromatic nitrogens is 2. The Morgan fingerprint density at radius 1 is 1.42 bits per heavy atom. The van der Waals surface area contributed by atoms with E-state index in [0.717, 1.165) is 12.2 Å². The second kappa shape index (κ2) is 6.38. The van der Waals surface area contributed by atoms with Gasteiger partial charge in [0.25, 0.3) is 0 Å². The van der Waals surface area contributed by atoms with Crippen molar-refractivity contribution in [2.24, 2.45) is 0 Å². The Balaban J connectivity index is 1.82. The Morgan fingerprint density at radius 2 is 2.26 bits per heavy atom. The zero-order valence-electron chi connectivity index (χ0n) is 10.6. The third-order valence-electron chi connectivity index (χ3n) is 3.11. The first-order valence-corrected chi connectivity index (χ1v) is 6.45. The molecule has 2 heterocycles. The summed E-state index contributed by atoms with van der Waals surface area (Å²) in [6.45, 7) is 2.74. The van der Waals surface area contributed by atoms with Gasteiger partial charge in [-0.15, -0.1) is 0 Å². The van der Waals surface area contributed by atoms with E-state index in [2.05, 4.69) is 10.3 Å². The predicted molar refractivity (Wildman–Crippen MR) is 63.7 cm³/mol. The molecular weight excluding hydrogens is 259 g/mol. The Kier molecular flexibility index (Phi) is 4.81. The number of rotatable bonds is 5. The van der Waals surface area contributed by atoms with Crippen LogP contribution in [0.25, 0.3) is 0 Å². The molecule has 4 nitrogen and oxygen atoms in total. The lowest BCUT2D eigenvalue weighted by molar-refractivity contribution is -0.135. The van der Waals surface area contributed by atoms with E-state index in [1.165, 1.54) is 0 Å². The molecule has 1 unspecified atom stereocenters. The normalized spacial score (nSPS) is 20.7. The van der Waals surface area contributed by atoms with Gasteiger partial charge in [-0.25, -0.2) is 4.98 Å². The number of hydrogen-bond acceptors (Lipinski definition) is 3. The van der Waals surface area contributed by atoms with Crippen molar-refractivity contribution in [3.05, 3.63) is 18.2 Å². The third-order valence-corrected chi connectivity index (χ3v) is 3.11. The van der Waals surface area contributed by atoms with Crippen LogP contribution in [0.1, 0.15) is 31.1 Å². The Labute approximate surface area is 110 Å². The summed E-state index contributed by atoms with van der Waals surface area (Å²) in [7, 11) is 0. The van der Waals surface area contributed by atoms with Gasteiger partial charge in [0, 0.05) is 26.1 Å². The molecule has 108 valence electrons. The van der Waals surface area contributed by atoms with Crippen LogP contribution in [0.3, 0.4) is 0 Å². The van der Waals surface area contributed by atoms with Gasteiger partial charge in [-0.2, -0.15) is 13.2 Å². The lowest BCUT2D eigenvalue weighted by Crippen LogP contribution is -2.34. The van der Waals surface area contributed by atoms with Crippen molar-refractivity contribution in [1.82, 2.24) is 14.9 Å². The van der Waals surface area contributed by atoms with Crippen molar-refractivity contribution >= 4 is 0 Å². The SMILES string of the molecule is FC(F)(F)CCCCn1cncc1C1CNCCO1. The van der Waals surface area contributed by atoms with Crippen LogP contribution in [0.2, 0.25) is 0 Å². The molecule has 0 aromatic carbocycles. The Bertz CT molecular complexity index is 386. The Hall–Kier alpha value is -1.08. The summed E-state index contributed by atoms with van der Waals surface area (Å²) >= 11 is 0. The van der Waals surface area contributed by atoms with E-state index in [9.17, 15) is 13.2 Å². The van der Waals surface area contributed by atoms with Gasteiger partial charge in [0.2, 0.25) is 0 Å². The van der Waals surface area contributed by atoms with Crippen LogP contribution < -0.4 is 5.32 Å². The number of nitrogens with zero attached hydrogens (tertiary/aromatic N) is 2. The first kappa shape index (κ1) is 14.3. The topological polar surface area (TPSA) is 39.1 Å². The summed E-state index contributed by atoms with van der Waals surface area (Å²) in [5.41, 5.74) is 0.930. The van der Waals surface area contributed by atoms with Crippen molar-refractivity contribution in [3.63, 3.8) is 0 Å². The van der Waals surface area contributed by atoms with E-state index in [-0.39, 0.29) is 12.5 Å². The quantitative estimate of drug-likeness (QED) is 0.839. The summed E-state index contributed by atoms with van der Waals surface area (Å²) in [5, 5.41) is 3.22. The largest absolute Gasteiger partial charge is 0.389 e. The number of halogens is 3. The van der Waals surface area contributed by atoms with Crippen molar-refractivity contribution in [2.45, 2.75) is 38.1 Å². The number of unbranched alkanes of at least 4 members (excludes halogenated alkanes) is 1. The summed E-state index contributed by atoms with van der Waals surface area (Å²) in [6, 6.07) is 0. The highest BCUT2D eigenvalue weighted by atomic mass is 19.4. The lowest BCUT2D eigenvalue weighted by Gasteiger charge is -2.24. The van der Waals surface area contributed by atoms with Crippen LogP contribution in [-0.2, 0) is 11.3 Å². The molecule has 1 saturated heterocycles. The minimum Gasteiger partial charge on any atom is -0.369 e. The van der Waals surface area contributed by atoms with E-state index in [1.54, 1.807) is 12.5 Å². The van der Waals surface area contributed by atoms with Gasteiger partial charge >= 0.3 is 6.18 Å². The van der Waals surface area contributed by atoms with Crippen molar-refractivity contribution in [3.8, 4) is 0 Å². The van der Waals surface area contributed by atoms with Crippen LogP contribution in [0.5, 0.6) is 0 Å². The fourth-order valence-corrected chi connectivity index (χ4v) is 2.15. The van der Waals surface area contributed by atoms with E-state index in [1.807, 2.05) is 4.57 Å². The number of aryl methyl sites for hydroxylation is 1. The standard InChI is InChI=1S/C12H18F3N3O/c13-12(14,15)3-1-2-5-18-9-17-7-10(18)11-8-16-4-6-19-11/h7,9,11,16H,1-6,8H2. The molecular formula is C12H18F3N3O. The minimum absolute atomic E-state index is 0.0566. The molecule has 1 fully saturated rings. The predicted octanol–water partition coefficient (Wildman–Crippen LogP) is 2.28. The molecule has 0 aliphatic carbocycles. The average Bonchev–Trinajstić information content (AvgIpc) is 2.83. The summed E-state index contributed by atoms with van der Waals surface area (Å²) < 4.78 is 43.6. The minimum atomic E-state index is -4.06. The van der Waals surface area contributed by atoms with Crippen LogP contribution in [-0.4, -0.2) is 35.4 Å². The molecule has 7 heteroatoms. The molecule has 0 bridgehead atoms. The van der Waals surface area contributed by atoms with Crippen molar-refractivity contribution < 1.29 is 17.9 Å². The summed E-state index contributed by atoms with van der Waals surface area (Å²) in [6.07, 6.45) is -0.831. The second-order valence-electron chi connectivity index (χ2n) is 4.65. The number of nitrogens with one attached hydrogen (secondary N) is 1. The number of imidazole rings is 1. The molecule has 0 amide bonds. The fraction of sp³-hybridized carbons (Fsp3) is 0.750. The van der Waals surface area contributed by atoms with Gasteiger partial charge in [0.1, 0.15) is 6.10 Å². The van der Waals surface area contributed by atoms with E-state index in [4.69, 9.17) is 4.74 Å². The van der Waals surface area contributed by atoms with Gasteiger partial charge in [0.15, 0.2) is 0 Å². The third kappa shape index (κ3) is 4.50. The Morgan fingerprint density at radius 3 is 2.95 bits per heavy atom. The molecule has 1 atom stereocenters. The van der Waals surface area contributed by atoms with Crippen molar-refractivity contribution in [2.75, 3.05) is 19.7 Å².